The van der Waals surface area contributed by atoms with Crippen LogP contribution in [0.15, 0.2) is 30.5 Å². The molecule has 5 nitrogen and oxygen atoms in total. The summed E-state index contributed by atoms with van der Waals surface area (Å²) in [6.45, 7) is 0. The molecule has 0 aliphatic carbocycles. The monoisotopic (exact) mass is 412 g/mol. The van der Waals surface area contributed by atoms with Crippen LogP contribution >= 0.6 is 47.8 Å². The first-order chi connectivity index (χ1) is 7.40. The lowest BCUT2D eigenvalue weighted by Gasteiger charge is -2.06. The Morgan fingerprint density at radius 1 is 1.19 bits per heavy atom. The number of amides is 2. The fourth-order valence-electron chi connectivity index (χ4n) is 0.896. The summed E-state index contributed by atoms with van der Waals surface area (Å²) in [5, 5.41) is 2.51. The molecule has 1 aromatic carbocycles. The van der Waals surface area contributed by atoms with Crippen molar-refractivity contribution >= 4 is 65.5 Å². The third-order valence-electron chi connectivity index (χ3n) is 1.47. The number of nitrogens with zero attached hydrogens (tertiary/aromatic N) is 1. The Morgan fingerprint density at radius 2 is 1.69 bits per heavy atom. The third kappa shape index (κ3) is 3.76. The Bertz CT molecular complexity index is 434. The van der Waals surface area contributed by atoms with Gasteiger partial charge in [0.25, 0.3) is 0 Å². The highest BCUT2D eigenvalue weighted by Gasteiger charge is 2.07. The molecule has 1 aromatic rings. The zero-order chi connectivity index (χ0) is 12.3. The zero-order valence-electron chi connectivity index (χ0n) is 7.80. The number of nitrogens with one attached hydrogen (secondary N) is 1. The van der Waals surface area contributed by atoms with E-state index in [9.17, 15) is 4.79 Å². The predicted octanol–water partition coefficient (Wildman–Crippen LogP) is 2.78. The molecule has 0 heterocycles. The molecular weight excluding hydrogens is 408 g/mol. The molecule has 0 spiro atoms. The Kier molecular flexibility index (Phi) is 4.75. The number of nitrogens with two attached hydrogens (primary N) is 2. The number of aliphatic imine (C=N–C) groups is 1. The van der Waals surface area contributed by atoms with Gasteiger partial charge in [-0.15, -0.1) is 0 Å². The van der Waals surface area contributed by atoms with Crippen LogP contribution < -0.4 is 16.8 Å². The van der Waals surface area contributed by atoms with Crippen molar-refractivity contribution < 1.29 is 4.79 Å². The van der Waals surface area contributed by atoms with Crippen molar-refractivity contribution in [3.8, 4) is 0 Å². The summed E-state index contributed by atoms with van der Waals surface area (Å²) in [6.07, 6.45) is 0. The second-order valence-electron chi connectivity index (χ2n) is 2.72. The first kappa shape index (κ1) is 13.5. The van der Waals surface area contributed by atoms with Crippen molar-refractivity contribution in [1.82, 2.24) is 0 Å². The molecule has 0 aliphatic heterocycles. The number of carbonyl (C=O) groups is 1. The average molecular weight is 415 g/mol. The van der Waals surface area contributed by atoms with Crippen molar-refractivity contribution in [1.29, 1.82) is 0 Å². The smallest absolute Gasteiger partial charge is 0.348 e. The third-order valence-corrected chi connectivity index (χ3v) is 4.64. The van der Waals surface area contributed by atoms with E-state index in [-0.39, 0.29) is 5.96 Å². The molecule has 0 saturated carbocycles. The van der Waals surface area contributed by atoms with Crippen LogP contribution in [0.2, 0.25) is 0 Å². The van der Waals surface area contributed by atoms with Crippen molar-refractivity contribution in [2.45, 2.75) is 0 Å². The molecule has 5 N–H and O–H groups in total. The van der Waals surface area contributed by atoms with Crippen LogP contribution in [0, 0.1) is 0 Å². The largest absolute Gasteiger partial charge is 0.370 e. The van der Waals surface area contributed by atoms with Crippen LogP contribution in [0.25, 0.3) is 0 Å². The van der Waals surface area contributed by atoms with E-state index < -0.39 is 6.03 Å². The van der Waals surface area contributed by atoms with Crippen LogP contribution in [0.3, 0.4) is 0 Å². The van der Waals surface area contributed by atoms with Gasteiger partial charge in [-0.3, -0.25) is 0 Å². The van der Waals surface area contributed by atoms with Gasteiger partial charge in [-0.1, -0.05) is 0 Å². The molecular formula is C8H7Br3N4O. The molecule has 1 rings (SSSR count). The summed E-state index contributed by atoms with van der Waals surface area (Å²) in [5.74, 6) is -0.284. The molecule has 0 bridgehead atoms. The Labute approximate surface area is 117 Å². The number of anilines is 1. The topological polar surface area (TPSA) is 93.5 Å². The lowest BCUT2D eigenvalue weighted by atomic mass is 10.3. The molecule has 0 atom stereocenters. The summed E-state index contributed by atoms with van der Waals surface area (Å²) < 4.78 is 2.44. The van der Waals surface area contributed by atoms with Crippen LogP contribution in [-0.4, -0.2) is 12.0 Å². The van der Waals surface area contributed by atoms with Crippen LogP contribution in [0.5, 0.6) is 0 Å². The highest BCUT2D eigenvalue weighted by Crippen LogP contribution is 2.33. The minimum atomic E-state index is -0.624. The Morgan fingerprint density at radius 3 is 2.12 bits per heavy atom. The van der Waals surface area contributed by atoms with Crippen LogP contribution in [-0.2, 0) is 0 Å². The van der Waals surface area contributed by atoms with E-state index in [1.807, 2.05) is 0 Å². The van der Waals surface area contributed by atoms with E-state index in [4.69, 9.17) is 11.5 Å². The lowest BCUT2D eigenvalue weighted by Crippen LogP contribution is -2.25. The van der Waals surface area contributed by atoms with Crippen LogP contribution in [0.4, 0.5) is 10.5 Å². The summed E-state index contributed by atoms with van der Waals surface area (Å²) in [5.41, 5.74) is 10.7. The quantitative estimate of drug-likeness (QED) is 0.374. The van der Waals surface area contributed by atoms with E-state index in [0.29, 0.717) is 5.69 Å². The van der Waals surface area contributed by atoms with E-state index >= 15 is 0 Å². The maximum absolute atomic E-state index is 11.2. The molecule has 86 valence electrons. The average Bonchev–Trinajstić information content (AvgIpc) is 2.12. The lowest BCUT2D eigenvalue weighted by molar-refractivity contribution is 0.259. The summed E-state index contributed by atoms with van der Waals surface area (Å²) >= 11 is 9.99. The van der Waals surface area contributed by atoms with Gasteiger partial charge in [0.05, 0.1) is 0 Å². The molecule has 0 fully saturated rings. The summed E-state index contributed by atoms with van der Waals surface area (Å²) in [4.78, 5) is 14.6. The van der Waals surface area contributed by atoms with Gasteiger partial charge in [0.15, 0.2) is 5.96 Å². The SMILES string of the molecule is NC(N)=NC(=O)Nc1cc(Br)c(Br)c(Br)c1. The van der Waals surface area contributed by atoms with E-state index in [0.717, 1.165) is 13.4 Å². The fraction of sp³-hybridized carbons (Fsp3) is 0. The minimum Gasteiger partial charge on any atom is -0.370 e. The van der Waals surface area contributed by atoms with Gasteiger partial charge in [0.1, 0.15) is 0 Å². The Balaban J connectivity index is 2.91. The zero-order valence-corrected chi connectivity index (χ0v) is 12.6. The van der Waals surface area contributed by atoms with Crippen molar-refractivity contribution in [2.75, 3.05) is 5.32 Å². The molecule has 16 heavy (non-hydrogen) atoms. The molecule has 0 radical (unpaired) electrons. The number of halogens is 3. The standard InChI is InChI=1S/C8H7Br3N4O/c9-4-1-3(2-5(10)6(4)11)14-8(16)15-7(12)13/h1-2H,(H5,12,13,14,15,16). The van der Waals surface area contributed by atoms with Gasteiger partial charge in [-0.2, -0.15) is 4.99 Å². The van der Waals surface area contributed by atoms with Gasteiger partial charge >= 0.3 is 6.03 Å². The predicted molar refractivity (Wildman–Crippen MR) is 74.4 cm³/mol. The second kappa shape index (κ2) is 5.65. The number of rotatable bonds is 1. The first-order valence-corrected chi connectivity index (χ1v) is 6.33. The molecule has 0 aromatic heterocycles. The van der Waals surface area contributed by atoms with Crippen molar-refractivity contribution in [3.05, 3.63) is 25.6 Å². The van der Waals surface area contributed by atoms with Gasteiger partial charge in [0.2, 0.25) is 0 Å². The van der Waals surface area contributed by atoms with Crippen molar-refractivity contribution in [3.63, 3.8) is 0 Å². The van der Waals surface area contributed by atoms with E-state index in [1.165, 1.54) is 0 Å². The molecule has 0 saturated heterocycles. The summed E-state index contributed by atoms with van der Waals surface area (Å²) in [6, 6.07) is 2.81. The van der Waals surface area contributed by atoms with Crippen LogP contribution in [0.1, 0.15) is 0 Å². The number of guanidine groups is 1. The maximum atomic E-state index is 11.2. The first-order valence-electron chi connectivity index (χ1n) is 3.95. The van der Waals surface area contributed by atoms with Gasteiger partial charge < -0.3 is 16.8 Å². The van der Waals surface area contributed by atoms with E-state index in [1.54, 1.807) is 12.1 Å². The fourth-order valence-corrected chi connectivity index (χ4v) is 2.31. The number of benzene rings is 1. The van der Waals surface area contributed by atoms with Gasteiger partial charge in [-0.25, -0.2) is 4.79 Å². The molecule has 2 amide bonds. The summed E-state index contributed by atoms with van der Waals surface area (Å²) in [7, 11) is 0. The molecule has 0 aliphatic rings. The Hall–Kier alpha value is -0.600. The van der Waals surface area contributed by atoms with Gasteiger partial charge in [0, 0.05) is 19.1 Å². The number of hydrogen-bond donors (Lipinski definition) is 3. The number of carbonyl (C=O) groups excluding carboxylic acids is 1. The minimum absolute atomic E-state index is 0.284. The number of hydrogen-bond acceptors (Lipinski definition) is 1. The highest BCUT2D eigenvalue weighted by atomic mass is 79.9. The van der Waals surface area contributed by atoms with Crippen molar-refractivity contribution in [2.24, 2.45) is 16.5 Å². The normalized spacial score (nSPS) is 9.69. The highest BCUT2D eigenvalue weighted by molar-refractivity contribution is 9.14. The maximum Gasteiger partial charge on any atom is 0.348 e. The van der Waals surface area contributed by atoms with Gasteiger partial charge in [-0.05, 0) is 59.9 Å². The molecule has 0 unspecified atom stereocenters. The van der Waals surface area contributed by atoms with E-state index in [2.05, 4.69) is 58.1 Å². The molecule has 8 heteroatoms. The number of urea groups is 1. The second-order valence-corrected chi connectivity index (χ2v) is 5.22.